The fourth-order valence-electron chi connectivity index (χ4n) is 2.50. The lowest BCUT2D eigenvalue weighted by Gasteiger charge is -2.11. The van der Waals surface area contributed by atoms with Gasteiger partial charge in [0.1, 0.15) is 12.4 Å². The Morgan fingerprint density at radius 2 is 2.05 bits per heavy atom. The summed E-state index contributed by atoms with van der Waals surface area (Å²) in [4.78, 5) is 11.7. The molecule has 1 fully saturated rings. The monoisotopic (exact) mass is 327 g/mol. The van der Waals surface area contributed by atoms with Crippen molar-refractivity contribution in [3.8, 4) is 5.75 Å². The summed E-state index contributed by atoms with van der Waals surface area (Å²) in [7, 11) is -2.46. The van der Waals surface area contributed by atoms with E-state index in [4.69, 9.17) is 9.47 Å². The lowest BCUT2D eigenvalue weighted by atomic mass is 10.1. The van der Waals surface area contributed by atoms with Gasteiger partial charge in [-0.25, -0.2) is 13.1 Å². The normalized spacial score (nSPS) is 15.7. The molecule has 122 valence electrons. The van der Waals surface area contributed by atoms with Crippen molar-refractivity contribution in [3.05, 3.63) is 24.3 Å². The van der Waals surface area contributed by atoms with E-state index in [1.165, 1.54) is 32.1 Å². The Labute approximate surface area is 130 Å². The van der Waals surface area contributed by atoms with Gasteiger partial charge in [-0.1, -0.05) is 18.9 Å². The highest BCUT2D eigenvalue weighted by molar-refractivity contribution is 7.90. The number of hydrogen-bond donors (Lipinski definition) is 1. The highest BCUT2D eigenvalue weighted by atomic mass is 32.2. The van der Waals surface area contributed by atoms with E-state index in [2.05, 4.69) is 0 Å². The number of methoxy groups -OCH3 is 1. The van der Waals surface area contributed by atoms with Crippen molar-refractivity contribution in [1.82, 2.24) is 4.72 Å². The minimum Gasteiger partial charge on any atom is -0.497 e. The van der Waals surface area contributed by atoms with E-state index in [1.54, 1.807) is 12.1 Å². The van der Waals surface area contributed by atoms with Gasteiger partial charge >= 0.3 is 0 Å². The molecule has 1 aromatic rings. The van der Waals surface area contributed by atoms with E-state index >= 15 is 0 Å². The van der Waals surface area contributed by atoms with Gasteiger partial charge in [0.25, 0.3) is 15.9 Å². The van der Waals surface area contributed by atoms with Crippen LogP contribution in [0.5, 0.6) is 5.75 Å². The summed E-state index contributed by atoms with van der Waals surface area (Å²) in [6.45, 7) is 0.256. The predicted octanol–water partition coefficient (Wildman–Crippen LogP) is 1.71. The average Bonchev–Trinajstić information content (AvgIpc) is 3.00. The maximum Gasteiger partial charge on any atom is 0.264 e. The van der Waals surface area contributed by atoms with Gasteiger partial charge in [0.15, 0.2) is 0 Å². The standard InChI is InChI=1S/C15H21NO5S/c1-20-13-7-4-8-14(9-13)22(18,19)16-15(17)11-21-10-12-5-2-3-6-12/h4,7-9,12H,2-3,5-6,10-11H2,1H3,(H,16,17). The zero-order valence-electron chi connectivity index (χ0n) is 12.6. The Morgan fingerprint density at radius 1 is 1.32 bits per heavy atom. The van der Waals surface area contributed by atoms with Crippen molar-refractivity contribution in [2.45, 2.75) is 30.6 Å². The molecule has 0 unspecified atom stereocenters. The molecule has 0 radical (unpaired) electrons. The summed E-state index contributed by atoms with van der Waals surface area (Å²) < 4.78 is 36.5. The predicted molar refractivity (Wildman–Crippen MR) is 81.1 cm³/mol. The number of ether oxygens (including phenoxy) is 2. The van der Waals surface area contributed by atoms with Crippen LogP contribution in [-0.4, -0.2) is 34.6 Å². The zero-order valence-corrected chi connectivity index (χ0v) is 13.4. The van der Waals surface area contributed by atoms with Crippen LogP contribution in [0.15, 0.2) is 29.2 Å². The first-order valence-electron chi connectivity index (χ1n) is 7.29. The second kappa shape index (κ2) is 7.60. The van der Waals surface area contributed by atoms with Gasteiger partial charge in [0, 0.05) is 6.07 Å². The highest BCUT2D eigenvalue weighted by Crippen LogP contribution is 2.24. The van der Waals surface area contributed by atoms with E-state index in [0.717, 1.165) is 12.8 Å². The van der Waals surface area contributed by atoms with Crippen LogP contribution in [0.25, 0.3) is 0 Å². The average molecular weight is 327 g/mol. The topological polar surface area (TPSA) is 81.7 Å². The van der Waals surface area contributed by atoms with Crippen LogP contribution in [-0.2, 0) is 19.6 Å². The van der Waals surface area contributed by atoms with Gasteiger partial charge in [-0.2, -0.15) is 0 Å². The second-order valence-corrected chi connectivity index (χ2v) is 7.06. The Morgan fingerprint density at radius 3 is 2.73 bits per heavy atom. The fraction of sp³-hybridized carbons (Fsp3) is 0.533. The molecule has 1 aliphatic rings. The molecule has 0 aromatic heterocycles. The summed E-state index contributed by atoms with van der Waals surface area (Å²) in [6, 6.07) is 5.94. The van der Waals surface area contributed by atoms with Gasteiger partial charge in [-0.05, 0) is 30.9 Å². The molecule has 1 aromatic carbocycles. The second-order valence-electron chi connectivity index (χ2n) is 5.37. The minimum absolute atomic E-state index is 0.0176. The third-order valence-corrected chi connectivity index (χ3v) is 5.03. The summed E-state index contributed by atoms with van der Waals surface area (Å²) >= 11 is 0. The molecule has 0 spiro atoms. The van der Waals surface area contributed by atoms with E-state index in [1.807, 2.05) is 4.72 Å². The number of carbonyl (C=O) groups is 1. The lowest BCUT2D eigenvalue weighted by Crippen LogP contribution is -2.33. The van der Waals surface area contributed by atoms with Crippen LogP contribution < -0.4 is 9.46 Å². The summed E-state index contributed by atoms with van der Waals surface area (Å²) in [5.41, 5.74) is 0. The first-order chi connectivity index (χ1) is 10.5. The number of amides is 1. The van der Waals surface area contributed by atoms with Crippen LogP contribution in [0.4, 0.5) is 0 Å². The Balaban J connectivity index is 1.85. The van der Waals surface area contributed by atoms with Crippen molar-refractivity contribution in [2.24, 2.45) is 5.92 Å². The van der Waals surface area contributed by atoms with Gasteiger partial charge in [0.05, 0.1) is 18.6 Å². The molecule has 0 aliphatic heterocycles. The molecule has 6 nitrogen and oxygen atoms in total. The number of benzene rings is 1. The molecule has 1 saturated carbocycles. The van der Waals surface area contributed by atoms with Crippen LogP contribution in [0.1, 0.15) is 25.7 Å². The molecule has 1 amide bonds. The number of carbonyl (C=O) groups excluding carboxylic acids is 1. The fourth-order valence-corrected chi connectivity index (χ4v) is 3.51. The molecule has 0 saturated heterocycles. The number of sulfonamides is 1. The van der Waals surface area contributed by atoms with Crippen LogP contribution in [0.3, 0.4) is 0 Å². The SMILES string of the molecule is COc1cccc(S(=O)(=O)NC(=O)COCC2CCCC2)c1. The molecular formula is C15H21NO5S. The molecule has 1 aliphatic carbocycles. The Kier molecular flexibility index (Phi) is 5.79. The van der Waals surface area contributed by atoms with Crippen LogP contribution >= 0.6 is 0 Å². The Hall–Kier alpha value is -1.60. The largest absolute Gasteiger partial charge is 0.497 e. The minimum atomic E-state index is -3.90. The van der Waals surface area contributed by atoms with Crippen molar-refractivity contribution in [3.63, 3.8) is 0 Å². The van der Waals surface area contributed by atoms with Crippen LogP contribution in [0, 0.1) is 5.92 Å². The zero-order chi connectivity index (χ0) is 16.0. The van der Waals surface area contributed by atoms with Crippen molar-refractivity contribution >= 4 is 15.9 Å². The first-order valence-corrected chi connectivity index (χ1v) is 8.77. The maximum absolute atomic E-state index is 12.1. The molecule has 0 bridgehead atoms. The first kappa shape index (κ1) is 16.8. The molecule has 1 N–H and O–H groups in total. The summed E-state index contributed by atoms with van der Waals surface area (Å²) in [5, 5.41) is 0. The van der Waals surface area contributed by atoms with E-state index in [9.17, 15) is 13.2 Å². The third-order valence-electron chi connectivity index (χ3n) is 3.66. The van der Waals surface area contributed by atoms with E-state index in [-0.39, 0.29) is 11.5 Å². The third kappa shape index (κ3) is 4.71. The van der Waals surface area contributed by atoms with E-state index < -0.39 is 15.9 Å². The number of nitrogens with one attached hydrogen (secondary N) is 1. The summed E-state index contributed by atoms with van der Waals surface area (Å²) in [6.07, 6.45) is 4.63. The van der Waals surface area contributed by atoms with Crippen molar-refractivity contribution in [1.29, 1.82) is 0 Å². The summed E-state index contributed by atoms with van der Waals surface area (Å²) in [5.74, 6) is 0.233. The Bertz CT molecular complexity index is 608. The molecule has 0 atom stereocenters. The molecular weight excluding hydrogens is 306 g/mol. The van der Waals surface area contributed by atoms with Crippen LogP contribution in [0.2, 0.25) is 0 Å². The van der Waals surface area contributed by atoms with Gasteiger partial charge in [-0.15, -0.1) is 0 Å². The smallest absolute Gasteiger partial charge is 0.264 e. The molecule has 7 heteroatoms. The van der Waals surface area contributed by atoms with Crippen molar-refractivity contribution < 1.29 is 22.7 Å². The van der Waals surface area contributed by atoms with Gasteiger partial charge < -0.3 is 9.47 Å². The number of rotatable bonds is 7. The molecule has 2 rings (SSSR count). The quantitative estimate of drug-likeness (QED) is 0.824. The lowest BCUT2D eigenvalue weighted by molar-refractivity contribution is -0.124. The molecule has 22 heavy (non-hydrogen) atoms. The molecule has 0 heterocycles. The maximum atomic E-state index is 12.1. The van der Waals surface area contributed by atoms with Gasteiger partial charge in [0.2, 0.25) is 0 Å². The number of hydrogen-bond acceptors (Lipinski definition) is 5. The van der Waals surface area contributed by atoms with Crippen molar-refractivity contribution in [2.75, 3.05) is 20.3 Å². The highest BCUT2D eigenvalue weighted by Gasteiger charge is 2.19. The van der Waals surface area contributed by atoms with E-state index in [0.29, 0.717) is 18.3 Å². The van der Waals surface area contributed by atoms with Gasteiger partial charge in [-0.3, -0.25) is 4.79 Å².